The van der Waals surface area contributed by atoms with Gasteiger partial charge in [0.1, 0.15) is 0 Å². The summed E-state index contributed by atoms with van der Waals surface area (Å²) in [6.07, 6.45) is 4.06. The van der Waals surface area contributed by atoms with E-state index in [0.29, 0.717) is 28.1 Å². The van der Waals surface area contributed by atoms with Gasteiger partial charge in [-0.3, -0.25) is 24.8 Å². The van der Waals surface area contributed by atoms with Crippen LogP contribution in [-0.4, -0.2) is 70.0 Å². The summed E-state index contributed by atoms with van der Waals surface area (Å²) in [5, 5.41) is 23.2. The van der Waals surface area contributed by atoms with Crippen LogP contribution in [0.1, 0.15) is 48.5 Å². The summed E-state index contributed by atoms with van der Waals surface area (Å²) in [5.74, 6) is -0.0322. The molecule has 37 heavy (non-hydrogen) atoms. The van der Waals surface area contributed by atoms with Gasteiger partial charge in [-0.05, 0) is 37.7 Å². The van der Waals surface area contributed by atoms with E-state index in [1.54, 1.807) is 6.07 Å². The van der Waals surface area contributed by atoms with Crippen LogP contribution < -0.4 is 0 Å². The van der Waals surface area contributed by atoms with Crippen molar-refractivity contribution in [2.45, 2.75) is 38.6 Å². The zero-order valence-corrected chi connectivity index (χ0v) is 21.0. The van der Waals surface area contributed by atoms with Crippen molar-refractivity contribution in [3.8, 4) is 5.88 Å². The third kappa shape index (κ3) is 5.28. The molecule has 9 nitrogen and oxygen atoms in total. The lowest BCUT2D eigenvalue weighted by atomic mass is 9.85. The van der Waals surface area contributed by atoms with Crippen molar-refractivity contribution in [1.82, 2.24) is 9.47 Å². The Morgan fingerprint density at radius 1 is 1.11 bits per heavy atom. The molecular weight excluding hydrogens is 472 g/mol. The number of benzene rings is 2. The minimum absolute atomic E-state index is 0.0873. The highest BCUT2D eigenvalue weighted by Gasteiger charge is 2.28. The monoisotopic (exact) mass is 504 g/mol. The smallest absolute Gasteiger partial charge is 0.271 e. The topological polar surface area (TPSA) is 110 Å². The zero-order chi connectivity index (χ0) is 25.9. The van der Waals surface area contributed by atoms with Gasteiger partial charge in [0, 0.05) is 49.6 Å². The highest BCUT2D eigenvalue weighted by molar-refractivity contribution is 6.22. The normalized spacial score (nSPS) is 21.3. The molecule has 1 aliphatic heterocycles. The van der Waals surface area contributed by atoms with Crippen LogP contribution in [0.3, 0.4) is 0 Å². The maximum absolute atomic E-state index is 12.5. The van der Waals surface area contributed by atoms with Gasteiger partial charge in [-0.1, -0.05) is 30.3 Å². The lowest BCUT2D eigenvalue weighted by Crippen LogP contribution is -2.40. The molecule has 0 bridgehead atoms. The number of nitrogens with zero attached hydrogens (tertiary/aromatic N) is 4. The molecule has 0 spiro atoms. The molecule has 2 aliphatic rings. The number of aliphatic imine (C=N–C) groups is 1. The van der Waals surface area contributed by atoms with E-state index >= 15 is 0 Å². The van der Waals surface area contributed by atoms with Gasteiger partial charge in [-0.25, -0.2) is 4.57 Å². The van der Waals surface area contributed by atoms with Crippen LogP contribution in [0.5, 0.6) is 5.88 Å². The quantitative estimate of drug-likeness (QED) is 0.297. The van der Waals surface area contributed by atoms with Gasteiger partial charge >= 0.3 is 0 Å². The maximum Gasteiger partial charge on any atom is 0.271 e. The largest absolute Gasteiger partial charge is 0.494 e. The molecule has 2 heterocycles. The van der Waals surface area contributed by atoms with Crippen molar-refractivity contribution < 1.29 is 19.6 Å². The third-order valence-electron chi connectivity index (χ3n) is 7.48. The molecule has 194 valence electrons. The number of nitro benzene ring substituents is 1. The first kappa shape index (κ1) is 25.1. The molecule has 1 aliphatic carbocycles. The first-order valence-corrected chi connectivity index (χ1v) is 12.9. The van der Waals surface area contributed by atoms with Gasteiger partial charge < -0.3 is 9.84 Å². The van der Waals surface area contributed by atoms with E-state index in [1.165, 1.54) is 19.1 Å². The second-order valence-electron chi connectivity index (χ2n) is 9.94. The van der Waals surface area contributed by atoms with E-state index in [0.717, 1.165) is 68.7 Å². The summed E-state index contributed by atoms with van der Waals surface area (Å²) in [4.78, 5) is 31.1. The van der Waals surface area contributed by atoms with Gasteiger partial charge in [0.05, 0.1) is 41.0 Å². The summed E-state index contributed by atoms with van der Waals surface area (Å²) in [6, 6.07) is 14.0. The van der Waals surface area contributed by atoms with Crippen LogP contribution in [0.25, 0.3) is 10.9 Å². The van der Waals surface area contributed by atoms with Crippen molar-refractivity contribution >= 4 is 28.2 Å². The van der Waals surface area contributed by atoms with E-state index in [9.17, 15) is 20.0 Å². The molecule has 1 N–H and O–H groups in total. The second kappa shape index (κ2) is 10.8. The summed E-state index contributed by atoms with van der Waals surface area (Å²) in [7, 11) is 0. The minimum atomic E-state index is -0.505. The van der Waals surface area contributed by atoms with Gasteiger partial charge in [0.2, 0.25) is 11.8 Å². The average Bonchev–Trinajstić information content (AvgIpc) is 3.20. The minimum Gasteiger partial charge on any atom is -0.494 e. The van der Waals surface area contributed by atoms with E-state index in [2.05, 4.69) is 4.90 Å². The first-order valence-electron chi connectivity index (χ1n) is 12.9. The molecular formula is C28H32N4O5. The highest BCUT2D eigenvalue weighted by Crippen LogP contribution is 2.37. The van der Waals surface area contributed by atoms with Crippen molar-refractivity contribution in [3.05, 3.63) is 69.8 Å². The molecule has 2 aromatic carbocycles. The molecule has 2 fully saturated rings. The third-order valence-corrected chi connectivity index (χ3v) is 7.48. The fraction of sp³-hybridized carbons (Fsp3) is 0.429. The SMILES string of the molecule is CC(=O)n1c(O)c(C(=NC2CCC(CN3CCOCC3)CC2)c2ccccc2)c2ccc([N+](=O)[O-])cc21. The molecule has 1 saturated heterocycles. The first-order chi connectivity index (χ1) is 17.9. The molecule has 9 heteroatoms. The number of hydrogen-bond donors (Lipinski definition) is 1. The molecule has 0 amide bonds. The average molecular weight is 505 g/mol. The van der Waals surface area contributed by atoms with E-state index in [1.807, 2.05) is 30.3 Å². The standard InChI is InChI=1S/C28H32N4O5/c1-19(33)31-25-17-23(32(35)36)11-12-24(25)26(28(31)34)27(21-5-3-2-4-6-21)29-22-9-7-20(8-10-22)18-30-13-15-37-16-14-30/h2-6,11-12,17,20,22,34H,7-10,13-16,18H2,1H3. The van der Waals surface area contributed by atoms with Crippen molar-refractivity contribution in [2.24, 2.45) is 10.9 Å². The van der Waals surface area contributed by atoms with E-state index in [4.69, 9.17) is 9.73 Å². The molecule has 1 aromatic heterocycles. The Balaban J connectivity index is 1.50. The number of fused-ring (bicyclic) bond motifs is 1. The van der Waals surface area contributed by atoms with Gasteiger partial charge in [0.25, 0.3) is 5.69 Å². The molecule has 0 radical (unpaired) electrons. The number of non-ortho nitro benzene ring substituents is 1. The maximum atomic E-state index is 12.5. The predicted octanol–water partition coefficient (Wildman–Crippen LogP) is 4.64. The molecule has 3 aromatic rings. The van der Waals surface area contributed by atoms with Crippen LogP contribution in [0.2, 0.25) is 0 Å². The number of hydrogen-bond acceptors (Lipinski definition) is 7. The fourth-order valence-electron chi connectivity index (χ4n) is 5.60. The second-order valence-corrected chi connectivity index (χ2v) is 9.94. The Labute approximate surface area is 215 Å². The van der Waals surface area contributed by atoms with Gasteiger partial charge in [-0.15, -0.1) is 0 Å². The Kier molecular flexibility index (Phi) is 7.34. The lowest BCUT2D eigenvalue weighted by Gasteiger charge is -2.33. The number of ether oxygens (including phenoxy) is 1. The number of carbonyl (C=O) groups is 1. The number of nitro groups is 1. The van der Waals surface area contributed by atoms with Crippen LogP contribution in [0.15, 0.2) is 53.5 Å². The molecule has 0 unspecified atom stereocenters. The van der Waals surface area contributed by atoms with Crippen LogP contribution in [-0.2, 0) is 4.74 Å². The van der Waals surface area contributed by atoms with E-state index < -0.39 is 10.8 Å². The number of morpholine rings is 1. The summed E-state index contributed by atoms with van der Waals surface area (Å²) < 4.78 is 6.61. The van der Waals surface area contributed by atoms with Crippen molar-refractivity contribution in [2.75, 3.05) is 32.8 Å². The molecule has 5 rings (SSSR count). The molecule has 1 saturated carbocycles. The predicted molar refractivity (Wildman–Crippen MR) is 142 cm³/mol. The number of carbonyl (C=O) groups excluding carboxylic acids is 1. The fourth-order valence-corrected chi connectivity index (χ4v) is 5.60. The molecule has 0 atom stereocenters. The zero-order valence-electron chi connectivity index (χ0n) is 21.0. The Morgan fingerprint density at radius 2 is 1.81 bits per heavy atom. The van der Waals surface area contributed by atoms with Crippen molar-refractivity contribution in [3.63, 3.8) is 0 Å². The van der Waals surface area contributed by atoms with Gasteiger partial charge in [-0.2, -0.15) is 0 Å². The van der Waals surface area contributed by atoms with Crippen molar-refractivity contribution in [1.29, 1.82) is 0 Å². The highest BCUT2D eigenvalue weighted by atomic mass is 16.6. The number of aromatic nitrogens is 1. The number of aromatic hydroxyl groups is 1. The number of rotatable bonds is 6. The summed E-state index contributed by atoms with van der Waals surface area (Å²) in [5.41, 5.74) is 2.02. The summed E-state index contributed by atoms with van der Waals surface area (Å²) in [6.45, 7) is 6.02. The van der Waals surface area contributed by atoms with Crippen LogP contribution >= 0.6 is 0 Å². The van der Waals surface area contributed by atoms with Crippen LogP contribution in [0.4, 0.5) is 5.69 Å². The van der Waals surface area contributed by atoms with E-state index in [-0.39, 0.29) is 17.6 Å². The Bertz CT molecular complexity index is 1320. The van der Waals surface area contributed by atoms with Gasteiger partial charge in [0.15, 0.2) is 0 Å². The summed E-state index contributed by atoms with van der Waals surface area (Å²) >= 11 is 0. The lowest BCUT2D eigenvalue weighted by molar-refractivity contribution is -0.384. The van der Waals surface area contributed by atoms with Crippen LogP contribution in [0, 0.1) is 16.0 Å². The Morgan fingerprint density at radius 3 is 2.46 bits per heavy atom. The Hall–Kier alpha value is -3.56.